The number of ketones is 1. The van der Waals surface area contributed by atoms with Gasteiger partial charge in [-0.2, -0.15) is 0 Å². The summed E-state index contributed by atoms with van der Waals surface area (Å²) < 4.78 is 5.16. The van der Waals surface area contributed by atoms with Gasteiger partial charge in [-0.3, -0.25) is 4.79 Å². The molecule has 0 aliphatic heterocycles. The number of rotatable bonds is 3. The van der Waals surface area contributed by atoms with Crippen LogP contribution >= 0.6 is 0 Å². The van der Waals surface area contributed by atoms with Crippen molar-refractivity contribution in [3.8, 4) is 5.75 Å². The van der Waals surface area contributed by atoms with Gasteiger partial charge in [0, 0.05) is 18.9 Å². The van der Waals surface area contributed by atoms with Crippen LogP contribution in [0, 0.1) is 0 Å². The Morgan fingerprint density at radius 1 is 1.26 bits per heavy atom. The van der Waals surface area contributed by atoms with Crippen molar-refractivity contribution in [2.45, 2.75) is 31.7 Å². The van der Waals surface area contributed by atoms with Crippen LogP contribution in [0.2, 0.25) is 0 Å². The molecule has 0 aromatic heterocycles. The van der Waals surface area contributed by atoms with Crippen LogP contribution in [0.1, 0.15) is 25.7 Å². The molecule has 2 rings (SSSR count). The number of methoxy groups -OCH3 is 1. The number of urea groups is 1. The summed E-state index contributed by atoms with van der Waals surface area (Å²) >= 11 is 0. The maximum atomic E-state index is 11.9. The van der Waals surface area contributed by atoms with E-state index in [4.69, 9.17) is 4.74 Å². The average molecular weight is 262 g/mol. The molecule has 5 heteroatoms. The van der Waals surface area contributed by atoms with Gasteiger partial charge in [-0.1, -0.05) is 12.1 Å². The van der Waals surface area contributed by atoms with Gasteiger partial charge in [0.25, 0.3) is 0 Å². The normalized spacial score (nSPS) is 15.9. The van der Waals surface area contributed by atoms with E-state index in [2.05, 4.69) is 10.6 Å². The summed E-state index contributed by atoms with van der Waals surface area (Å²) in [5.41, 5.74) is 0.634. The topological polar surface area (TPSA) is 67.4 Å². The molecular formula is C14H18N2O3. The zero-order valence-electron chi connectivity index (χ0n) is 10.9. The summed E-state index contributed by atoms with van der Waals surface area (Å²) in [5.74, 6) is 0.902. The largest absolute Gasteiger partial charge is 0.495 e. The highest BCUT2D eigenvalue weighted by Crippen LogP contribution is 2.23. The monoisotopic (exact) mass is 262 g/mol. The Bertz CT molecular complexity index is 464. The first kappa shape index (κ1) is 13.4. The molecule has 0 spiro atoms. The fraction of sp³-hybridized carbons (Fsp3) is 0.429. The Kier molecular flexibility index (Phi) is 4.39. The van der Waals surface area contributed by atoms with Gasteiger partial charge in [0.1, 0.15) is 11.5 Å². The van der Waals surface area contributed by atoms with Gasteiger partial charge in [0.15, 0.2) is 0 Å². The minimum Gasteiger partial charge on any atom is -0.495 e. The highest BCUT2D eigenvalue weighted by molar-refractivity contribution is 5.91. The number of para-hydroxylation sites is 2. The Balaban J connectivity index is 1.89. The van der Waals surface area contributed by atoms with E-state index in [1.807, 2.05) is 12.1 Å². The van der Waals surface area contributed by atoms with Gasteiger partial charge in [-0.15, -0.1) is 0 Å². The number of nitrogens with one attached hydrogen (secondary N) is 2. The van der Waals surface area contributed by atoms with Crippen molar-refractivity contribution in [2.75, 3.05) is 12.4 Å². The highest BCUT2D eigenvalue weighted by atomic mass is 16.5. The lowest BCUT2D eigenvalue weighted by molar-refractivity contribution is -0.120. The SMILES string of the molecule is COc1ccccc1NC(=O)NC1CCC(=O)CC1. The van der Waals surface area contributed by atoms with Crippen molar-refractivity contribution in [1.29, 1.82) is 0 Å². The lowest BCUT2D eigenvalue weighted by Gasteiger charge is -2.22. The van der Waals surface area contributed by atoms with Crippen LogP contribution < -0.4 is 15.4 Å². The minimum atomic E-state index is -0.260. The van der Waals surface area contributed by atoms with E-state index in [9.17, 15) is 9.59 Å². The third-order valence-electron chi connectivity index (χ3n) is 3.23. The van der Waals surface area contributed by atoms with Crippen molar-refractivity contribution in [2.24, 2.45) is 0 Å². The smallest absolute Gasteiger partial charge is 0.319 e. The number of carbonyl (C=O) groups excluding carboxylic acids is 2. The lowest BCUT2D eigenvalue weighted by atomic mass is 9.94. The Morgan fingerprint density at radius 3 is 2.63 bits per heavy atom. The number of benzene rings is 1. The number of Topliss-reactive ketones (excluding diaryl/α,β-unsaturated/α-hetero) is 1. The van der Waals surface area contributed by atoms with Crippen molar-refractivity contribution < 1.29 is 14.3 Å². The van der Waals surface area contributed by atoms with Crippen molar-refractivity contribution in [1.82, 2.24) is 5.32 Å². The highest BCUT2D eigenvalue weighted by Gasteiger charge is 2.20. The molecule has 2 amide bonds. The summed E-state index contributed by atoms with van der Waals surface area (Å²) in [7, 11) is 1.56. The third kappa shape index (κ3) is 3.71. The van der Waals surface area contributed by atoms with E-state index in [0.717, 1.165) is 12.8 Å². The molecule has 1 aromatic carbocycles. The maximum Gasteiger partial charge on any atom is 0.319 e. The first-order valence-corrected chi connectivity index (χ1v) is 6.41. The molecule has 1 saturated carbocycles. The molecule has 0 atom stereocenters. The zero-order valence-corrected chi connectivity index (χ0v) is 10.9. The van der Waals surface area contributed by atoms with E-state index >= 15 is 0 Å². The van der Waals surface area contributed by atoms with E-state index in [1.54, 1.807) is 19.2 Å². The van der Waals surface area contributed by atoms with Crippen LogP contribution in [0.4, 0.5) is 10.5 Å². The number of hydrogen-bond acceptors (Lipinski definition) is 3. The van der Waals surface area contributed by atoms with Crippen LogP contribution in [0.15, 0.2) is 24.3 Å². The molecule has 1 aromatic rings. The summed E-state index contributed by atoms with van der Waals surface area (Å²) in [6, 6.07) is 7.06. The predicted molar refractivity (Wildman–Crippen MR) is 72.4 cm³/mol. The van der Waals surface area contributed by atoms with Gasteiger partial charge in [-0.05, 0) is 25.0 Å². The summed E-state index contributed by atoms with van der Waals surface area (Å²) in [4.78, 5) is 23.0. The van der Waals surface area contributed by atoms with E-state index in [0.29, 0.717) is 24.3 Å². The number of amides is 2. The minimum absolute atomic E-state index is 0.0763. The molecule has 1 fully saturated rings. The third-order valence-corrected chi connectivity index (χ3v) is 3.23. The molecule has 102 valence electrons. The maximum absolute atomic E-state index is 11.9. The molecule has 0 radical (unpaired) electrons. The molecule has 5 nitrogen and oxygen atoms in total. The molecule has 1 aliphatic carbocycles. The van der Waals surface area contributed by atoms with E-state index < -0.39 is 0 Å². The molecule has 2 N–H and O–H groups in total. The number of carbonyl (C=O) groups is 2. The molecular weight excluding hydrogens is 244 g/mol. The van der Waals surface area contributed by atoms with Gasteiger partial charge in [0.05, 0.1) is 12.8 Å². The quantitative estimate of drug-likeness (QED) is 0.878. The predicted octanol–water partition coefficient (Wildman–Crippen LogP) is 2.33. The van der Waals surface area contributed by atoms with Crippen LogP contribution in [0.25, 0.3) is 0 Å². The van der Waals surface area contributed by atoms with Crippen LogP contribution in [0.3, 0.4) is 0 Å². The summed E-state index contributed by atoms with van der Waals surface area (Å²) in [6.07, 6.45) is 2.55. The average Bonchev–Trinajstić information content (AvgIpc) is 2.42. The molecule has 19 heavy (non-hydrogen) atoms. The lowest BCUT2D eigenvalue weighted by Crippen LogP contribution is -2.40. The Hall–Kier alpha value is -2.04. The van der Waals surface area contributed by atoms with Crippen molar-refractivity contribution in [3.05, 3.63) is 24.3 Å². The van der Waals surface area contributed by atoms with Gasteiger partial charge in [-0.25, -0.2) is 4.79 Å². The Morgan fingerprint density at radius 2 is 1.95 bits per heavy atom. The van der Waals surface area contributed by atoms with Crippen molar-refractivity contribution in [3.63, 3.8) is 0 Å². The molecule has 1 aliphatic rings. The van der Waals surface area contributed by atoms with Gasteiger partial charge >= 0.3 is 6.03 Å². The van der Waals surface area contributed by atoms with E-state index in [1.165, 1.54) is 0 Å². The van der Waals surface area contributed by atoms with E-state index in [-0.39, 0.29) is 17.9 Å². The van der Waals surface area contributed by atoms with Crippen LogP contribution in [-0.2, 0) is 4.79 Å². The second kappa shape index (κ2) is 6.22. The van der Waals surface area contributed by atoms with Crippen LogP contribution in [0.5, 0.6) is 5.75 Å². The van der Waals surface area contributed by atoms with Gasteiger partial charge in [0.2, 0.25) is 0 Å². The number of anilines is 1. The van der Waals surface area contributed by atoms with Crippen molar-refractivity contribution >= 4 is 17.5 Å². The number of hydrogen-bond donors (Lipinski definition) is 2. The molecule has 0 bridgehead atoms. The first-order valence-electron chi connectivity index (χ1n) is 6.41. The number of ether oxygens (including phenoxy) is 1. The van der Waals surface area contributed by atoms with Gasteiger partial charge < -0.3 is 15.4 Å². The zero-order chi connectivity index (χ0) is 13.7. The summed E-state index contributed by atoms with van der Waals surface area (Å²) in [6.45, 7) is 0. The fourth-order valence-electron chi connectivity index (χ4n) is 2.18. The fourth-order valence-corrected chi connectivity index (χ4v) is 2.18. The summed E-state index contributed by atoms with van der Waals surface area (Å²) in [5, 5.41) is 5.64. The van der Waals surface area contributed by atoms with Crippen LogP contribution in [-0.4, -0.2) is 25.0 Å². The Labute approximate surface area is 112 Å². The first-order chi connectivity index (χ1) is 9.19. The molecule has 0 saturated heterocycles. The molecule has 0 heterocycles. The second-order valence-electron chi connectivity index (χ2n) is 4.61. The molecule has 0 unspecified atom stereocenters. The second-order valence-corrected chi connectivity index (χ2v) is 4.61. The standard InChI is InChI=1S/C14H18N2O3/c1-19-13-5-3-2-4-12(13)16-14(18)15-10-6-8-11(17)9-7-10/h2-5,10H,6-9H2,1H3,(H2,15,16,18).